The van der Waals surface area contributed by atoms with Crippen LogP contribution in [0.25, 0.3) is 22.0 Å². The summed E-state index contributed by atoms with van der Waals surface area (Å²) < 4.78 is 21.1. The number of benzene rings is 3. The van der Waals surface area contributed by atoms with Gasteiger partial charge in [-0.25, -0.2) is 9.36 Å². The summed E-state index contributed by atoms with van der Waals surface area (Å²) in [6.45, 7) is 9.60. The van der Waals surface area contributed by atoms with E-state index in [-0.39, 0.29) is 11.8 Å². The summed E-state index contributed by atoms with van der Waals surface area (Å²) in [6.07, 6.45) is 3.48. The maximum absolute atomic E-state index is 13.9. The van der Waals surface area contributed by atoms with E-state index in [2.05, 4.69) is 39.6 Å². The molecule has 1 amide bonds. The lowest BCUT2D eigenvalue weighted by Gasteiger charge is -2.31. The number of hydrogen-bond acceptors (Lipinski definition) is 8. The van der Waals surface area contributed by atoms with E-state index < -0.39 is 0 Å². The van der Waals surface area contributed by atoms with Crippen molar-refractivity contribution in [2.24, 2.45) is 7.05 Å². The molecule has 11 heteroatoms. The fourth-order valence-electron chi connectivity index (χ4n) is 6.68. The predicted molar refractivity (Wildman–Crippen MR) is 182 cm³/mol. The van der Waals surface area contributed by atoms with Crippen molar-refractivity contribution >= 4 is 16.7 Å². The average Bonchev–Trinajstić information content (AvgIpc) is 3.82. The van der Waals surface area contributed by atoms with Crippen molar-refractivity contribution in [1.29, 1.82) is 0 Å². The van der Waals surface area contributed by atoms with E-state index in [9.17, 15) is 4.79 Å². The van der Waals surface area contributed by atoms with Gasteiger partial charge in [0.15, 0.2) is 5.76 Å². The highest BCUT2D eigenvalue weighted by molar-refractivity contribution is 5.99. The van der Waals surface area contributed by atoms with Gasteiger partial charge in [0.25, 0.3) is 5.91 Å². The van der Waals surface area contributed by atoms with Crippen molar-refractivity contribution in [1.82, 2.24) is 34.8 Å². The zero-order valence-corrected chi connectivity index (χ0v) is 28.1. The first-order valence-electron chi connectivity index (χ1n) is 16.2. The Hall–Kier alpha value is -5.45. The fourth-order valence-corrected chi connectivity index (χ4v) is 6.68. The largest absolute Gasteiger partial charge is 0.496 e. The fraction of sp³-hybridized carbons (Fsp3) is 0.324. The summed E-state index contributed by atoms with van der Waals surface area (Å²) in [5, 5.41) is 19.8. The number of piperidine rings is 1. The van der Waals surface area contributed by atoms with E-state index in [4.69, 9.17) is 14.0 Å². The standard InChI is InChI=1S/C37H39N7O4/c1-22-17-23(2)24(3)34(18-22)47-37-35(25(4)39-42(37)5)36(45)43-15-13-26(14-16-43)31-19-27(48-40-31)20-44-21-32(38-41-44)29-11-12-33(46-6)30-10-8-7-9-28(29)30/h7-12,17-19,21,26H,13-16,20H2,1-6H3. The molecule has 7 rings (SSSR count). The Morgan fingerprint density at radius 3 is 2.52 bits per heavy atom. The Balaban J connectivity index is 1.01. The van der Waals surface area contributed by atoms with Crippen molar-refractivity contribution < 1.29 is 18.8 Å². The SMILES string of the molecule is COc1ccc(-c2cn(Cc3cc(C4CCN(C(=O)c5c(C)nn(C)c5Oc5cc(C)cc(C)c5C)CC4)no3)nn2)c2ccccc12. The van der Waals surface area contributed by atoms with E-state index in [0.29, 0.717) is 42.5 Å². The van der Waals surface area contributed by atoms with Crippen LogP contribution in [0, 0.1) is 27.7 Å². The third-order valence-electron chi connectivity index (χ3n) is 9.37. The van der Waals surface area contributed by atoms with Gasteiger partial charge < -0.3 is 18.9 Å². The Morgan fingerprint density at radius 1 is 0.979 bits per heavy atom. The number of fused-ring (bicyclic) bond motifs is 1. The molecule has 1 saturated heterocycles. The highest BCUT2D eigenvalue weighted by Crippen LogP contribution is 2.35. The zero-order chi connectivity index (χ0) is 33.5. The van der Waals surface area contributed by atoms with Crippen LogP contribution in [-0.2, 0) is 13.6 Å². The number of carbonyl (C=O) groups is 1. The minimum absolute atomic E-state index is 0.0662. The molecule has 0 bridgehead atoms. The van der Waals surface area contributed by atoms with E-state index in [0.717, 1.165) is 68.8 Å². The molecule has 0 atom stereocenters. The molecule has 0 spiro atoms. The molecule has 0 unspecified atom stereocenters. The predicted octanol–water partition coefficient (Wildman–Crippen LogP) is 6.92. The molecule has 11 nitrogen and oxygen atoms in total. The molecule has 3 aromatic carbocycles. The van der Waals surface area contributed by atoms with Gasteiger partial charge >= 0.3 is 0 Å². The molecule has 0 aliphatic carbocycles. The van der Waals surface area contributed by atoms with Gasteiger partial charge in [-0.1, -0.05) is 40.7 Å². The number of likely N-dealkylation sites (tertiary alicyclic amines) is 1. The Bertz CT molecular complexity index is 2130. The number of hydrogen-bond donors (Lipinski definition) is 0. The van der Waals surface area contributed by atoms with Crippen molar-refractivity contribution in [3.8, 4) is 28.6 Å². The molecular weight excluding hydrogens is 606 g/mol. The van der Waals surface area contributed by atoms with Gasteiger partial charge in [-0.05, 0) is 80.8 Å². The Kier molecular flexibility index (Phi) is 8.20. The summed E-state index contributed by atoms with van der Waals surface area (Å²) in [5.41, 5.74) is 7.10. The van der Waals surface area contributed by atoms with Crippen LogP contribution in [0.2, 0.25) is 0 Å². The smallest absolute Gasteiger partial charge is 0.261 e. The Morgan fingerprint density at radius 2 is 1.75 bits per heavy atom. The second kappa shape index (κ2) is 12.6. The van der Waals surface area contributed by atoms with Crippen molar-refractivity contribution in [3.05, 3.63) is 100 Å². The van der Waals surface area contributed by atoms with Crippen LogP contribution in [0.3, 0.4) is 0 Å². The molecule has 0 saturated carbocycles. The van der Waals surface area contributed by atoms with Crippen LogP contribution in [-0.4, -0.2) is 60.9 Å². The molecule has 1 aliphatic rings. The monoisotopic (exact) mass is 645 g/mol. The number of methoxy groups -OCH3 is 1. The molecule has 3 aromatic heterocycles. The number of carbonyl (C=O) groups excluding carboxylic acids is 1. The summed E-state index contributed by atoms with van der Waals surface area (Å²) in [5.74, 6) is 2.84. The number of aromatic nitrogens is 6. The normalized spacial score (nSPS) is 13.8. The van der Waals surface area contributed by atoms with Crippen molar-refractivity contribution in [3.63, 3.8) is 0 Å². The van der Waals surface area contributed by atoms with E-state index in [1.807, 2.05) is 81.4 Å². The van der Waals surface area contributed by atoms with E-state index in [1.165, 1.54) is 0 Å². The molecule has 48 heavy (non-hydrogen) atoms. The first kappa shape index (κ1) is 31.2. The maximum atomic E-state index is 13.9. The highest BCUT2D eigenvalue weighted by atomic mass is 16.5. The van der Waals surface area contributed by atoms with Crippen LogP contribution < -0.4 is 9.47 Å². The molecule has 4 heterocycles. The molecule has 1 aliphatic heterocycles. The number of nitrogens with zero attached hydrogens (tertiary/aromatic N) is 7. The first-order chi connectivity index (χ1) is 23.2. The van der Waals surface area contributed by atoms with Gasteiger partial charge in [0.2, 0.25) is 5.88 Å². The van der Waals surface area contributed by atoms with Gasteiger partial charge in [-0.3, -0.25) is 4.79 Å². The number of ether oxygens (including phenoxy) is 2. The lowest BCUT2D eigenvalue weighted by Crippen LogP contribution is -2.38. The first-order valence-corrected chi connectivity index (χ1v) is 16.2. The highest BCUT2D eigenvalue weighted by Gasteiger charge is 2.31. The van der Waals surface area contributed by atoms with Crippen molar-refractivity contribution in [2.45, 2.75) is 53.0 Å². The van der Waals surface area contributed by atoms with Crippen LogP contribution in [0.4, 0.5) is 0 Å². The lowest BCUT2D eigenvalue weighted by molar-refractivity contribution is 0.0707. The molecular formula is C37H39N7O4. The molecule has 246 valence electrons. The van der Waals surface area contributed by atoms with E-state index >= 15 is 0 Å². The van der Waals surface area contributed by atoms with Crippen LogP contribution in [0.1, 0.15) is 63.0 Å². The third kappa shape index (κ3) is 5.80. The summed E-state index contributed by atoms with van der Waals surface area (Å²) in [7, 11) is 3.49. The summed E-state index contributed by atoms with van der Waals surface area (Å²) in [6, 6.07) is 18.2. The third-order valence-corrected chi connectivity index (χ3v) is 9.37. The molecule has 0 radical (unpaired) electrons. The summed E-state index contributed by atoms with van der Waals surface area (Å²) in [4.78, 5) is 15.8. The summed E-state index contributed by atoms with van der Waals surface area (Å²) >= 11 is 0. The minimum Gasteiger partial charge on any atom is -0.496 e. The number of rotatable bonds is 8. The second-order valence-corrected chi connectivity index (χ2v) is 12.6. The van der Waals surface area contributed by atoms with Crippen LogP contribution in [0.5, 0.6) is 17.4 Å². The van der Waals surface area contributed by atoms with Crippen LogP contribution >= 0.6 is 0 Å². The maximum Gasteiger partial charge on any atom is 0.261 e. The van der Waals surface area contributed by atoms with Crippen molar-refractivity contribution in [2.75, 3.05) is 20.2 Å². The van der Waals surface area contributed by atoms with Gasteiger partial charge in [0.05, 0.1) is 24.7 Å². The number of amides is 1. The number of aryl methyl sites for hydroxylation is 4. The van der Waals surface area contributed by atoms with Crippen LogP contribution in [0.15, 0.2) is 65.3 Å². The lowest BCUT2D eigenvalue weighted by atomic mass is 9.93. The van der Waals surface area contributed by atoms with Gasteiger partial charge in [0, 0.05) is 43.1 Å². The zero-order valence-electron chi connectivity index (χ0n) is 28.1. The van der Waals surface area contributed by atoms with Gasteiger partial charge in [-0.15, -0.1) is 5.10 Å². The molecule has 0 N–H and O–H groups in total. The quantitative estimate of drug-likeness (QED) is 0.175. The molecule has 6 aromatic rings. The topological polar surface area (TPSA) is 113 Å². The van der Waals surface area contributed by atoms with Gasteiger partial charge in [-0.2, -0.15) is 5.10 Å². The minimum atomic E-state index is -0.0662. The molecule has 1 fully saturated rings. The second-order valence-electron chi connectivity index (χ2n) is 12.6. The van der Waals surface area contributed by atoms with Gasteiger partial charge in [0.1, 0.15) is 29.3 Å². The van der Waals surface area contributed by atoms with E-state index in [1.54, 1.807) is 16.5 Å². The average molecular weight is 646 g/mol. The Labute approximate surface area is 279 Å².